The molecule has 3 N–H and O–H groups in total. The predicted molar refractivity (Wildman–Crippen MR) is 100 cm³/mol. The van der Waals surface area contributed by atoms with E-state index in [4.69, 9.17) is 10.2 Å². The van der Waals surface area contributed by atoms with Crippen LogP contribution in [-0.2, 0) is 5.75 Å². The van der Waals surface area contributed by atoms with Gasteiger partial charge in [0.1, 0.15) is 22.0 Å². The summed E-state index contributed by atoms with van der Waals surface area (Å²) >= 11 is 2.91. The molecule has 0 unspecified atom stereocenters. The van der Waals surface area contributed by atoms with Crippen molar-refractivity contribution in [3.05, 3.63) is 51.2 Å². The first-order valence-corrected chi connectivity index (χ1v) is 9.28. The van der Waals surface area contributed by atoms with Gasteiger partial charge in [-0.05, 0) is 36.1 Å². The van der Waals surface area contributed by atoms with Crippen molar-refractivity contribution in [3.63, 3.8) is 0 Å². The van der Waals surface area contributed by atoms with E-state index in [1.807, 2.05) is 11.4 Å². The summed E-state index contributed by atoms with van der Waals surface area (Å²) in [6.07, 6.45) is 0. The number of hydrogen-bond donors (Lipinski definition) is 2. The molecule has 4 aromatic rings. The largest absolute Gasteiger partial charge is 0.508 e. The number of rotatable bonds is 3. The van der Waals surface area contributed by atoms with Crippen molar-refractivity contribution >= 4 is 50.1 Å². The lowest BCUT2D eigenvalue weighted by atomic mass is 10.1. The number of aromatic nitrogens is 2. The summed E-state index contributed by atoms with van der Waals surface area (Å²) in [6.45, 7) is 1.71. The summed E-state index contributed by atoms with van der Waals surface area (Å²) < 4.78 is 5.26. The van der Waals surface area contributed by atoms with Crippen LogP contribution >= 0.6 is 23.1 Å². The molecule has 0 fully saturated rings. The second-order valence-electron chi connectivity index (χ2n) is 5.50. The third-order valence-corrected chi connectivity index (χ3v) is 5.61. The van der Waals surface area contributed by atoms with Crippen molar-refractivity contribution in [2.75, 3.05) is 5.73 Å². The third-order valence-electron chi connectivity index (χ3n) is 3.91. The van der Waals surface area contributed by atoms with E-state index in [-0.39, 0.29) is 5.75 Å². The number of thiophene rings is 1. The highest BCUT2D eigenvalue weighted by molar-refractivity contribution is 7.98. The number of nitrogens with zero attached hydrogens (tertiary/aromatic N) is 2. The zero-order chi connectivity index (χ0) is 17.6. The van der Waals surface area contributed by atoms with Crippen molar-refractivity contribution in [2.24, 2.45) is 0 Å². The second-order valence-corrected chi connectivity index (χ2v) is 7.33. The Bertz CT molecular complexity index is 1170. The molecule has 126 valence electrons. The van der Waals surface area contributed by atoms with Gasteiger partial charge in [-0.15, -0.1) is 11.3 Å². The first-order valence-electron chi connectivity index (χ1n) is 7.42. The lowest BCUT2D eigenvalue weighted by Gasteiger charge is -2.08. The first-order chi connectivity index (χ1) is 12.0. The fourth-order valence-electron chi connectivity index (χ4n) is 2.60. The van der Waals surface area contributed by atoms with Crippen molar-refractivity contribution in [1.82, 2.24) is 9.97 Å². The quantitative estimate of drug-likeness (QED) is 0.322. The zero-order valence-corrected chi connectivity index (χ0v) is 14.8. The number of phenolic OH excluding ortho intramolecular Hbond substituents is 1. The van der Waals surface area contributed by atoms with Gasteiger partial charge >= 0.3 is 5.63 Å². The van der Waals surface area contributed by atoms with E-state index in [1.165, 1.54) is 29.2 Å². The molecule has 6 nitrogen and oxygen atoms in total. The number of anilines is 1. The number of fused-ring (bicyclic) bond motifs is 2. The van der Waals surface area contributed by atoms with Gasteiger partial charge in [-0.2, -0.15) is 0 Å². The number of hydrogen-bond acceptors (Lipinski definition) is 8. The minimum Gasteiger partial charge on any atom is -0.508 e. The van der Waals surface area contributed by atoms with Gasteiger partial charge in [0, 0.05) is 22.8 Å². The number of aromatic hydroxyl groups is 1. The summed E-state index contributed by atoms with van der Waals surface area (Å²) in [5, 5.41) is 13.9. The van der Waals surface area contributed by atoms with Crippen LogP contribution in [0.3, 0.4) is 0 Å². The molecule has 0 bridgehead atoms. The molecule has 3 aromatic heterocycles. The molecule has 0 aliphatic carbocycles. The topological polar surface area (TPSA) is 102 Å². The average molecular weight is 371 g/mol. The maximum Gasteiger partial charge on any atom is 0.336 e. The molecule has 0 amide bonds. The maximum absolute atomic E-state index is 11.9. The zero-order valence-electron chi connectivity index (χ0n) is 13.1. The molecule has 0 aliphatic heterocycles. The summed E-state index contributed by atoms with van der Waals surface area (Å²) in [5.41, 5.74) is 7.26. The van der Waals surface area contributed by atoms with Crippen LogP contribution in [0.15, 0.2) is 44.0 Å². The van der Waals surface area contributed by atoms with Crippen LogP contribution in [0.1, 0.15) is 11.1 Å². The summed E-state index contributed by atoms with van der Waals surface area (Å²) in [7, 11) is 0. The van der Waals surface area contributed by atoms with Crippen LogP contribution in [0.5, 0.6) is 5.75 Å². The Balaban J connectivity index is 1.73. The molecule has 4 rings (SSSR count). The van der Waals surface area contributed by atoms with Crippen molar-refractivity contribution in [1.29, 1.82) is 0 Å². The molecule has 1 aromatic carbocycles. The fourth-order valence-corrected chi connectivity index (χ4v) is 4.27. The van der Waals surface area contributed by atoms with E-state index in [9.17, 15) is 9.90 Å². The summed E-state index contributed by atoms with van der Waals surface area (Å²) in [6, 6.07) is 6.69. The van der Waals surface area contributed by atoms with Gasteiger partial charge in [0.15, 0.2) is 5.16 Å². The van der Waals surface area contributed by atoms with Crippen LogP contribution in [0.4, 0.5) is 5.82 Å². The van der Waals surface area contributed by atoms with E-state index in [2.05, 4.69) is 9.97 Å². The Labute approximate surface area is 150 Å². The smallest absolute Gasteiger partial charge is 0.336 e. The molecule has 0 atom stereocenters. The molecular formula is C17H13N3O3S2. The highest BCUT2D eigenvalue weighted by atomic mass is 32.2. The van der Waals surface area contributed by atoms with Crippen LogP contribution in [0, 0.1) is 6.92 Å². The average Bonchev–Trinajstić information content (AvgIpc) is 3.05. The van der Waals surface area contributed by atoms with Gasteiger partial charge in [0.05, 0.1) is 5.39 Å². The molecule has 0 saturated heterocycles. The molecule has 25 heavy (non-hydrogen) atoms. The Hall–Kier alpha value is -2.58. The molecule has 0 spiro atoms. The fraction of sp³-hybridized carbons (Fsp3) is 0.118. The minimum absolute atomic E-state index is 0.0970. The highest BCUT2D eigenvalue weighted by Gasteiger charge is 2.12. The van der Waals surface area contributed by atoms with E-state index in [1.54, 1.807) is 19.1 Å². The predicted octanol–water partition coefficient (Wildman–Crippen LogP) is 3.69. The lowest BCUT2D eigenvalue weighted by molar-refractivity contribution is 0.468. The van der Waals surface area contributed by atoms with Gasteiger partial charge in [-0.1, -0.05) is 11.8 Å². The first kappa shape index (κ1) is 15.9. The van der Waals surface area contributed by atoms with Crippen molar-refractivity contribution < 1.29 is 9.52 Å². The molecule has 8 heteroatoms. The van der Waals surface area contributed by atoms with E-state index < -0.39 is 5.63 Å². The van der Waals surface area contributed by atoms with Gasteiger partial charge in [-0.3, -0.25) is 0 Å². The molecule has 0 saturated carbocycles. The van der Waals surface area contributed by atoms with Crippen molar-refractivity contribution in [3.8, 4) is 5.75 Å². The van der Waals surface area contributed by atoms with Gasteiger partial charge in [-0.25, -0.2) is 14.8 Å². The monoisotopic (exact) mass is 371 g/mol. The third kappa shape index (κ3) is 2.83. The van der Waals surface area contributed by atoms with E-state index in [0.29, 0.717) is 27.9 Å². The number of aryl methyl sites for hydroxylation is 1. The molecule has 0 aliphatic rings. The summed E-state index contributed by atoms with van der Waals surface area (Å²) in [5.74, 6) is 1.04. The van der Waals surface area contributed by atoms with Gasteiger partial charge < -0.3 is 15.3 Å². The second kappa shape index (κ2) is 6.05. The minimum atomic E-state index is -0.453. The normalized spacial score (nSPS) is 11.4. The number of benzene rings is 1. The van der Waals surface area contributed by atoms with Crippen LogP contribution in [-0.4, -0.2) is 15.1 Å². The van der Waals surface area contributed by atoms with Crippen molar-refractivity contribution in [2.45, 2.75) is 17.8 Å². The van der Waals surface area contributed by atoms with E-state index in [0.717, 1.165) is 21.2 Å². The molecule has 0 radical (unpaired) electrons. The number of thioether (sulfide) groups is 1. The van der Waals surface area contributed by atoms with Gasteiger partial charge in [0.25, 0.3) is 0 Å². The van der Waals surface area contributed by atoms with E-state index >= 15 is 0 Å². The Kier molecular flexibility index (Phi) is 3.85. The maximum atomic E-state index is 11.9. The molecular weight excluding hydrogens is 358 g/mol. The SMILES string of the molecule is Cc1c(O)ccc2c(CSc3nc(N)c4ccsc4n3)cc(=O)oc12. The summed E-state index contributed by atoms with van der Waals surface area (Å²) in [4.78, 5) is 21.5. The van der Waals surface area contributed by atoms with Crippen LogP contribution < -0.4 is 11.4 Å². The number of nitrogens with two attached hydrogens (primary N) is 1. The van der Waals surface area contributed by atoms with Crippen LogP contribution in [0.25, 0.3) is 21.2 Å². The lowest BCUT2D eigenvalue weighted by Crippen LogP contribution is -2.01. The standard InChI is InChI=1S/C17H13N3O3S2/c1-8-12(21)3-2-10-9(6-13(22)23-14(8)10)7-25-17-19-15(18)11-4-5-24-16(11)20-17/h2-6,21H,7H2,1H3,(H2,18,19,20). The highest BCUT2D eigenvalue weighted by Crippen LogP contribution is 2.31. The van der Waals surface area contributed by atoms with Gasteiger partial charge in [0.2, 0.25) is 0 Å². The number of phenols is 1. The Morgan fingerprint density at radius 3 is 2.96 bits per heavy atom. The number of nitrogen functional groups attached to an aromatic ring is 1. The molecule has 3 heterocycles. The van der Waals surface area contributed by atoms with Crippen LogP contribution in [0.2, 0.25) is 0 Å². The Morgan fingerprint density at radius 1 is 1.28 bits per heavy atom. The Morgan fingerprint density at radius 2 is 2.12 bits per heavy atom.